The lowest BCUT2D eigenvalue weighted by atomic mass is 10.3. The van der Waals surface area contributed by atoms with Gasteiger partial charge >= 0.3 is 0 Å². The van der Waals surface area contributed by atoms with Crippen molar-refractivity contribution in [1.82, 2.24) is 20.8 Å². The first-order valence-electron chi connectivity index (χ1n) is 7.20. The second-order valence-electron chi connectivity index (χ2n) is 4.64. The Hall–Kier alpha value is -0.800. The van der Waals surface area contributed by atoms with E-state index >= 15 is 0 Å². The summed E-state index contributed by atoms with van der Waals surface area (Å²) in [7, 11) is 0. The molecule has 0 aromatic carbocycles. The van der Waals surface area contributed by atoms with Gasteiger partial charge in [0.1, 0.15) is 0 Å². The molecule has 2 amide bonds. The number of carbonyl (C=O) groups is 2. The molecule has 6 nitrogen and oxygen atoms in total. The van der Waals surface area contributed by atoms with Crippen LogP contribution in [-0.4, -0.2) is 46.1 Å². The minimum atomic E-state index is 0.00250. The van der Waals surface area contributed by atoms with Gasteiger partial charge < -0.3 is 10.6 Å². The van der Waals surface area contributed by atoms with Gasteiger partial charge in [-0.2, -0.15) is 0 Å². The predicted molar refractivity (Wildman–Crippen MR) is 92.6 cm³/mol. The molecule has 0 fully saturated rings. The molecule has 1 aromatic rings. The van der Waals surface area contributed by atoms with Crippen molar-refractivity contribution in [3.8, 4) is 0 Å². The smallest absolute Gasteiger partial charge is 0.230 e. The van der Waals surface area contributed by atoms with Gasteiger partial charge in [0.2, 0.25) is 11.8 Å². The maximum absolute atomic E-state index is 11.7. The standard InChI is InChI=1S/C13H22N4O2S3/c1-4-6-14-10(18)7-20-12-16-17-13(22-12)21-8-11(19)15-9(3)5-2/h9H,4-8H2,1-3H3,(H,14,18)(H,15,19)/t9-/m0/s1. The fourth-order valence-electron chi connectivity index (χ4n) is 1.30. The highest BCUT2D eigenvalue weighted by Crippen LogP contribution is 2.28. The summed E-state index contributed by atoms with van der Waals surface area (Å²) in [5.41, 5.74) is 0. The van der Waals surface area contributed by atoms with Crippen molar-refractivity contribution in [2.24, 2.45) is 0 Å². The quantitative estimate of drug-likeness (QED) is 0.621. The van der Waals surface area contributed by atoms with Gasteiger partial charge in [0.05, 0.1) is 11.5 Å². The topological polar surface area (TPSA) is 84.0 Å². The molecule has 1 rings (SSSR count). The molecule has 22 heavy (non-hydrogen) atoms. The summed E-state index contributed by atoms with van der Waals surface area (Å²) in [5.74, 6) is 0.681. The number of hydrogen-bond donors (Lipinski definition) is 2. The van der Waals surface area contributed by atoms with E-state index in [9.17, 15) is 9.59 Å². The summed E-state index contributed by atoms with van der Waals surface area (Å²) >= 11 is 4.15. The molecule has 1 aromatic heterocycles. The molecule has 0 aliphatic heterocycles. The van der Waals surface area contributed by atoms with E-state index in [-0.39, 0.29) is 17.9 Å². The van der Waals surface area contributed by atoms with E-state index in [2.05, 4.69) is 20.8 Å². The van der Waals surface area contributed by atoms with Crippen LogP contribution >= 0.6 is 34.9 Å². The second-order valence-corrected chi connectivity index (χ2v) is 8.06. The van der Waals surface area contributed by atoms with Crippen LogP contribution in [0.1, 0.15) is 33.6 Å². The van der Waals surface area contributed by atoms with E-state index in [0.717, 1.165) is 21.5 Å². The minimum absolute atomic E-state index is 0.00250. The van der Waals surface area contributed by atoms with E-state index in [1.807, 2.05) is 20.8 Å². The van der Waals surface area contributed by atoms with Crippen molar-refractivity contribution in [3.63, 3.8) is 0 Å². The summed E-state index contributed by atoms with van der Waals surface area (Å²) in [4.78, 5) is 23.2. The van der Waals surface area contributed by atoms with Crippen LogP contribution in [0.3, 0.4) is 0 Å². The van der Waals surface area contributed by atoms with Crippen LogP contribution in [0.5, 0.6) is 0 Å². The van der Waals surface area contributed by atoms with Gasteiger partial charge in [0, 0.05) is 12.6 Å². The van der Waals surface area contributed by atoms with Crippen LogP contribution in [0, 0.1) is 0 Å². The van der Waals surface area contributed by atoms with Crippen molar-refractivity contribution >= 4 is 46.7 Å². The Kier molecular flexibility index (Phi) is 9.49. The van der Waals surface area contributed by atoms with Crippen molar-refractivity contribution in [2.45, 2.75) is 48.3 Å². The van der Waals surface area contributed by atoms with Crippen molar-refractivity contribution in [3.05, 3.63) is 0 Å². The Morgan fingerprint density at radius 2 is 1.73 bits per heavy atom. The van der Waals surface area contributed by atoms with Crippen LogP contribution in [0.4, 0.5) is 0 Å². The van der Waals surface area contributed by atoms with Crippen molar-refractivity contribution in [1.29, 1.82) is 0 Å². The average molecular weight is 363 g/mol. The number of rotatable bonds is 10. The maximum Gasteiger partial charge on any atom is 0.230 e. The fourth-order valence-corrected chi connectivity index (χ4v) is 3.96. The lowest BCUT2D eigenvalue weighted by Gasteiger charge is -2.09. The number of nitrogens with one attached hydrogen (secondary N) is 2. The zero-order valence-corrected chi connectivity index (χ0v) is 15.5. The summed E-state index contributed by atoms with van der Waals surface area (Å²) in [6, 6.07) is 0.190. The molecule has 0 saturated heterocycles. The molecule has 0 radical (unpaired) electrons. The van der Waals surface area contributed by atoms with E-state index in [1.54, 1.807) is 0 Å². The second kappa shape index (κ2) is 10.8. The zero-order valence-electron chi connectivity index (χ0n) is 13.0. The third-order valence-electron chi connectivity index (χ3n) is 2.63. The number of carbonyl (C=O) groups excluding carboxylic acids is 2. The molecule has 0 spiro atoms. The fraction of sp³-hybridized carbons (Fsp3) is 0.692. The molecule has 0 aliphatic carbocycles. The van der Waals surface area contributed by atoms with E-state index < -0.39 is 0 Å². The van der Waals surface area contributed by atoms with Gasteiger partial charge in [-0.1, -0.05) is 48.7 Å². The van der Waals surface area contributed by atoms with Gasteiger partial charge in [-0.3, -0.25) is 9.59 Å². The summed E-state index contributed by atoms with van der Waals surface area (Å²) in [6.07, 6.45) is 1.84. The summed E-state index contributed by atoms with van der Waals surface area (Å²) in [5, 5.41) is 13.8. The molecular weight excluding hydrogens is 340 g/mol. The van der Waals surface area contributed by atoms with E-state index in [1.165, 1.54) is 34.9 Å². The Balaban J connectivity index is 2.29. The molecule has 9 heteroatoms. The van der Waals surface area contributed by atoms with Crippen LogP contribution < -0.4 is 10.6 Å². The van der Waals surface area contributed by atoms with Crippen molar-refractivity contribution < 1.29 is 9.59 Å². The molecule has 0 aliphatic rings. The van der Waals surface area contributed by atoms with E-state index in [0.29, 0.717) is 18.1 Å². The highest BCUT2D eigenvalue weighted by atomic mass is 32.2. The molecule has 1 atom stereocenters. The van der Waals surface area contributed by atoms with Gasteiger partial charge in [-0.15, -0.1) is 10.2 Å². The SMILES string of the molecule is CCCNC(=O)CSc1nnc(SCC(=O)N[C@@H](C)CC)s1. The number of thioether (sulfide) groups is 2. The van der Waals surface area contributed by atoms with Crippen LogP contribution in [0.15, 0.2) is 8.68 Å². The average Bonchev–Trinajstić information content (AvgIpc) is 2.96. The highest BCUT2D eigenvalue weighted by Gasteiger charge is 2.11. The first-order valence-corrected chi connectivity index (χ1v) is 9.99. The predicted octanol–water partition coefficient (Wildman–Crippen LogP) is 2.16. The molecular formula is C13H22N4O2S3. The molecule has 1 heterocycles. The summed E-state index contributed by atoms with van der Waals surface area (Å²) < 4.78 is 1.49. The number of aromatic nitrogens is 2. The lowest BCUT2D eigenvalue weighted by molar-refractivity contribution is -0.119. The van der Waals surface area contributed by atoms with Gasteiger partial charge in [-0.25, -0.2) is 0 Å². The molecule has 124 valence electrons. The largest absolute Gasteiger partial charge is 0.355 e. The highest BCUT2D eigenvalue weighted by molar-refractivity contribution is 8.03. The van der Waals surface area contributed by atoms with E-state index in [4.69, 9.17) is 0 Å². The van der Waals surface area contributed by atoms with Crippen LogP contribution in [-0.2, 0) is 9.59 Å². The first-order chi connectivity index (χ1) is 10.5. The molecule has 0 saturated carbocycles. The maximum atomic E-state index is 11.7. The lowest BCUT2D eigenvalue weighted by Crippen LogP contribution is -2.33. The number of nitrogens with zero attached hydrogens (tertiary/aromatic N) is 2. The van der Waals surface area contributed by atoms with Gasteiger partial charge in [-0.05, 0) is 19.8 Å². The number of hydrogen-bond acceptors (Lipinski definition) is 7. The van der Waals surface area contributed by atoms with Crippen LogP contribution in [0.2, 0.25) is 0 Å². The molecule has 2 N–H and O–H groups in total. The Morgan fingerprint density at radius 1 is 1.14 bits per heavy atom. The molecule has 0 bridgehead atoms. The van der Waals surface area contributed by atoms with Crippen LogP contribution in [0.25, 0.3) is 0 Å². The Morgan fingerprint density at radius 3 is 2.27 bits per heavy atom. The number of amides is 2. The third kappa shape index (κ3) is 8.00. The normalized spacial score (nSPS) is 12.0. The third-order valence-corrected chi connectivity index (χ3v) is 5.82. The van der Waals surface area contributed by atoms with Gasteiger partial charge in [0.15, 0.2) is 8.68 Å². The van der Waals surface area contributed by atoms with Crippen molar-refractivity contribution in [2.75, 3.05) is 18.1 Å². The summed E-state index contributed by atoms with van der Waals surface area (Å²) in [6.45, 7) is 6.72. The minimum Gasteiger partial charge on any atom is -0.355 e. The Bertz CT molecular complexity index is 482. The Labute approximate surface area is 143 Å². The van der Waals surface area contributed by atoms with Gasteiger partial charge in [0.25, 0.3) is 0 Å². The zero-order chi connectivity index (χ0) is 16.4. The molecule has 0 unspecified atom stereocenters. The first kappa shape index (κ1) is 19.2. The monoisotopic (exact) mass is 362 g/mol.